The zero-order chi connectivity index (χ0) is 10.7. The molecular weight excluding hydrogens is 206 g/mol. The molecule has 0 fully saturated rings. The van der Waals surface area contributed by atoms with E-state index in [9.17, 15) is 15.3 Å². The van der Waals surface area contributed by atoms with Gasteiger partial charge in [-0.3, -0.25) is 4.98 Å². The topological polar surface area (TPSA) is 73.6 Å². The highest BCUT2D eigenvalue weighted by atomic mass is 35.5. The molecule has 1 aromatic rings. The number of rotatable bonds is 3. The molecule has 0 saturated carbocycles. The monoisotopic (exact) mass is 217 g/mol. The van der Waals surface area contributed by atoms with Gasteiger partial charge in [0, 0.05) is 5.69 Å². The summed E-state index contributed by atoms with van der Waals surface area (Å²) in [4.78, 5) is 3.92. The zero-order valence-electron chi connectivity index (χ0n) is 7.68. The lowest BCUT2D eigenvalue weighted by Crippen LogP contribution is -2.21. The number of aliphatic hydroxyl groups is 2. The van der Waals surface area contributed by atoms with Gasteiger partial charge < -0.3 is 15.3 Å². The average molecular weight is 218 g/mol. The predicted molar refractivity (Wildman–Crippen MR) is 52.3 cm³/mol. The highest BCUT2D eigenvalue weighted by molar-refractivity contribution is 6.18. The molecule has 0 aliphatic heterocycles. The first-order valence-electron chi connectivity index (χ1n) is 4.15. The van der Waals surface area contributed by atoms with Crippen LogP contribution in [0, 0.1) is 6.92 Å². The maximum absolute atomic E-state index is 9.54. The van der Waals surface area contributed by atoms with Gasteiger partial charge in [-0.2, -0.15) is 0 Å². The fraction of sp³-hybridized carbons (Fsp3) is 0.444. The predicted octanol–water partition coefficient (Wildman–Crippen LogP) is 0.729. The Kier molecular flexibility index (Phi) is 3.69. The molecule has 2 atom stereocenters. The van der Waals surface area contributed by atoms with E-state index in [1.807, 2.05) is 0 Å². The van der Waals surface area contributed by atoms with Crippen molar-refractivity contribution >= 4 is 11.6 Å². The van der Waals surface area contributed by atoms with Crippen LogP contribution < -0.4 is 0 Å². The third-order valence-corrected chi connectivity index (χ3v) is 2.16. The normalized spacial score (nSPS) is 15.1. The smallest absolute Gasteiger partial charge is 0.139 e. The molecule has 4 nitrogen and oxygen atoms in total. The van der Waals surface area contributed by atoms with Gasteiger partial charge in [-0.1, -0.05) is 0 Å². The van der Waals surface area contributed by atoms with E-state index in [4.69, 9.17) is 11.6 Å². The van der Waals surface area contributed by atoms with Crippen molar-refractivity contribution in [2.75, 3.05) is 5.88 Å². The third kappa shape index (κ3) is 2.35. The van der Waals surface area contributed by atoms with Crippen molar-refractivity contribution in [3.8, 4) is 5.75 Å². The fourth-order valence-electron chi connectivity index (χ4n) is 1.05. The summed E-state index contributed by atoms with van der Waals surface area (Å²) >= 11 is 5.37. The third-order valence-electron chi connectivity index (χ3n) is 1.84. The molecule has 0 aliphatic rings. The van der Waals surface area contributed by atoms with Gasteiger partial charge in [-0.25, -0.2) is 0 Å². The minimum absolute atomic E-state index is 0.0538. The lowest BCUT2D eigenvalue weighted by Gasteiger charge is -2.16. The molecule has 3 N–H and O–H groups in total. The van der Waals surface area contributed by atoms with Crippen LogP contribution in [0.25, 0.3) is 0 Å². The second kappa shape index (κ2) is 4.59. The molecule has 0 radical (unpaired) electrons. The van der Waals surface area contributed by atoms with Crippen LogP contribution in [0.2, 0.25) is 0 Å². The number of alkyl halides is 1. The molecule has 2 unspecified atom stereocenters. The molecule has 1 aromatic heterocycles. The van der Waals surface area contributed by atoms with Gasteiger partial charge in [0.15, 0.2) is 0 Å². The first-order valence-corrected chi connectivity index (χ1v) is 4.68. The number of nitrogens with zero attached hydrogens (tertiary/aromatic N) is 1. The number of halogens is 1. The molecule has 78 valence electrons. The minimum Gasteiger partial charge on any atom is -0.506 e. The Morgan fingerprint density at radius 1 is 1.43 bits per heavy atom. The number of aliphatic hydroxyl groups excluding tert-OH is 2. The molecular formula is C9H12ClNO3. The molecule has 1 heterocycles. The van der Waals surface area contributed by atoms with Crippen LogP contribution in [-0.4, -0.2) is 32.3 Å². The van der Waals surface area contributed by atoms with Crippen LogP contribution in [-0.2, 0) is 0 Å². The van der Waals surface area contributed by atoms with Gasteiger partial charge in [-0.05, 0) is 19.1 Å². The van der Waals surface area contributed by atoms with Gasteiger partial charge in [0.1, 0.15) is 17.5 Å². The Morgan fingerprint density at radius 3 is 2.64 bits per heavy atom. The number of aryl methyl sites for hydroxylation is 1. The van der Waals surface area contributed by atoms with Crippen molar-refractivity contribution in [1.29, 1.82) is 0 Å². The van der Waals surface area contributed by atoms with Crippen LogP contribution in [0.3, 0.4) is 0 Å². The zero-order valence-corrected chi connectivity index (χ0v) is 8.44. The van der Waals surface area contributed by atoms with E-state index in [0.29, 0.717) is 5.69 Å². The van der Waals surface area contributed by atoms with Crippen LogP contribution in [0.15, 0.2) is 12.1 Å². The molecule has 0 aliphatic carbocycles. The van der Waals surface area contributed by atoms with Gasteiger partial charge in [-0.15, -0.1) is 11.6 Å². The summed E-state index contributed by atoms with van der Waals surface area (Å²) < 4.78 is 0. The second-order valence-corrected chi connectivity index (χ2v) is 3.33. The van der Waals surface area contributed by atoms with E-state index in [1.165, 1.54) is 6.07 Å². The van der Waals surface area contributed by atoms with Crippen molar-refractivity contribution in [3.05, 3.63) is 23.5 Å². The summed E-state index contributed by atoms with van der Waals surface area (Å²) in [6, 6.07) is 3.03. The summed E-state index contributed by atoms with van der Waals surface area (Å²) in [6.07, 6.45) is -2.38. The van der Waals surface area contributed by atoms with E-state index >= 15 is 0 Å². The summed E-state index contributed by atoms with van der Waals surface area (Å²) in [5.41, 5.74) is 0.705. The first kappa shape index (κ1) is 11.2. The maximum atomic E-state index is 9.54. The SMILES string of the molecule is Cc1ccc(O)c(C(O)C(O)CCl)n1. The van der Waals surface area contributed by atoms with Crippen LogP contribution in [0.1, 0.15) is 17.5 Å². The molecule has 14 heavy (non-hydrogen) atoms. The van der Waals surface area contributed by atoms with E-state index < -0.39 is 12.2 Å². The summed E-state index contributed by atoms with van der Waals surface area (Å²) in [6.45, 7) is 1.72. The van der Waals surface area contributed by atoms with Crippen molar-refractivity contribution in [2.45, 2.75) is 19.1 Å². The number of aromatic nitrogens is 1. The van der Waals surface area contributed by atoms with Crippen molar-refractivity contribution in [2.24, 2.45) is 0 Å². The van der Waals surface area contributed by atoms with E-state index in [0.717, 1.165) is 0 Å². The van der Waals surface area contributed by atoms with Gasteiger partial charge in [0.2, 0.25) is 0 Å². The van der Waals surface area contributed by atoms with Gasteiger partial charge in [0.05, 0.1) is 12.0 Å². The lowest BCUT2D eigenvalue weighted by molar-refractivity contribution is 0.0283. The molecule has 1 rings (SSSR count). The summed E-state index contributed by atoms with van der Waals surface area (Å²) in [5, 5.41) is 28.2. The number of hydrogen-bond donors (Lipinski definition) is 3. The number of hydrogen-bond acceptors (Lipinski definition) is 4. The lowest BCUT2D eigenvalue weighted by atomic mass is 10.1. The number of pyridine rings is 1. The van der Waals surface area contributed by atoms with Gasteiger partial charge >= 0.3 is 0 Å². The van der Waals surface area contributed by atoms with Crippen LogP contribution in [0.5, 0.6) is 5.75 Å². The first-order chi connectivity index (χ1) is 6.56. The fourth-order valence-corrected chi connectivity index (χ4v) is 1.22. The highest BCUT2D eigenvalue weighted by Gasteiger charge is 2.21. The van der Waals surface area contributed by atoms with Crippen LogP contribution >= 0.6 is 11.6 Å². The Labute approximate surface area is 86.8 Å². The quantitative estimate of drug-likeness (QED) is 0.653. The largest absolute Gasteiger partial charge is 0.506 e. The maximum Gasteiger partial charge on any atom is 0.139 e. The molecule has 0 bridgehead atoms. The van der Waals surface area contributed by atoms with Crippen LogP contribution in [0.4, 0.5) is 0 Å². The van der Waals surface area contributed by atoms with Gasteiger partial charge in [0.25, 0.3) is 0 Å². The number of aromatic hydroxyl groups is 1. The van der Waals surface area contributed by atoms with Crippen molar-refractivity contribution < 1.29 is 15.3 Å². The molecule has 0 aromatic carbocycles. The second-order valence-electron chi connectivity index (χ2n) is 3.02. The molecule has 0 amide bonds. The summed E-state index contributed by atoms with van der Waals surface area (Å²) in [5.74, 6) is -0.261. The highest BCUT2D eigenvalue weighted by Crippen LogP contribution is 2.24. The molecule has 5 heteroatoms. The average Bonchev–Trinajstić information content (AvgIpc) is 2.19. The Hall–Kier alpha value is -0.840. The standard InChI is InChI=1S/C9H12ClNO3/c1-5-2-3-6(12)8(11-5)9(14)7(13)4-10/h2-3,7,9,12-14H,4H2,1H3. The minimum atomic E-state index is -1.26. The van der Waals surface area contributed by atoms with Crippen molar-refractivity contribution in [3.63, 3.8) is 0 Å². The van der Waals surface area contributed by atoms with E-state index in [-0.39, 0.29) is 17.3 Å². The van der Waals surface area contributed by atoms with E-state index in [2.05, 4.69) is 4.98 Å². The molecule has 0 spiro atoms. The Balaban J connectivity index is 2.99. The Morgan fingerprint density at radius 2 is 2.07 bits per heavy atom. The van der Waals surface area contributed by atoms with Crippen molar-refractivity contribution in [1.82, 2.24) is 4.98 Å². The summed E-state index contributed by atoms with van der Waals surface area (Å²) in [7, 11) is 0. The van der Waals surface area contributed by atoms with E-state index in [1.54, 1.807) is 13.0 Å². The Bertz CT molecular complexity index is 319. The molecule has 0 saturated heterocycles.